The maximum atomic E-state index is 6.15. The Bertz CT molecular complexity index is 601. The molecule has 2 aromatic carbocycles. The van der Waals surface area contributed by atoms with E-state index >= 15 is 0 Å². The predicted octanol–water partition coefficient (Wildman–Crippen LogP) is 4.55. The summed E-state index contributed by atoms with van der Waals surface area (Å²) in [4.78, 5) is 2.53. The lowest BCUT2D eigenvalue weighted by Crippen LogP contribution is -2.41. The van der Waals surface area contributed by atoms with E-state index in [1.165, 1.54) is 5.56 Å². The van der Waals surface area contributed by atoms with Gasteiger partial charge in [0.15, 0.2) is 0 Å². The number of hydrogen-bond acceptors (Lipinski definition) is 3. The van der Waals surface area contributed by atoms with E-state index in [4.69, 9.17) is 4.74 Å². The molecule has 0 aliphatic carbocycles. The molecule has 0 spiro atoms. The average Bonchev–Trinajstić information content (AvgIpc) is 2.62. The normalized spacial score (nSPS) is 16.3. The molecule has 1 fully saturated rings. The van der Waals surface area contributed by atoms with Gasteiger partial charge < -0.3 is 15.0 Å². The van der Waals surface area contributed by atoms with Crippen molar-refractivity contribution in [3.8, 4) is 5.75 Å². The summed E-state index contributed by atoms with van der Waals surface area (Å²) in [5.41, 5.74) is 2.41. The van der Waals surface area contributed by atoms with Gasteiger partial charge in [-0.25, -0.2) is 0 Å². The van der Waals surface area contributed by atoms with Gasteiger partial charge in [0.1, 0.15) is 11.9 Å². The zero-order valence-corrected chi connectivity index (χ0v) is 14.7. The van der Waals surface area contributed by atoms with Gasteiger partial charge in [0.05, 0.1) is 0 Å². The molecule has 3 rings (SSSR count). The summed E-state index contributed by atoms with van der Waals surface area (Å²) in [6.07, 6.45) is 2.60. The maximum Gasteiger partial charge on any atom is 0.119 e. The number of rotatable bonds is 6. The quantitative estimate of drug-likeness (QED) is 0.843. The number of para-hydroxylation sites is 1. The Morgan fingerprint density at radius 3 is 2.29 bits per heavy atom. The molecule has 128 valence electrons. The van der Waals surface area contributed by atoms with Crippen LogP contribution in [0.2, 0.25) is 0 Å². The molecule has 0 bridgehead atoms. The van der Waals surface area contributed by atoms with Crippen LogP contribution in [0.3, 0.4) is 0 Å². The van der Waals surface area contributed by atoms with Gasteiger partial charge in [-0.15, -0.1) is 0 Å². The fraction of sp³-hybridized carbons (Fsp3) is 0.429. The van der Waals surface area contributed by atoms with Crippen LogP contribution in [-0.4, -0.2) is 30.1 Å². The molecular weight excluding hydrogens is 296 g/mol. The van der Waals surface area contributed by atoms with E-state index in [1.54, 1.807) is 0 Å². The second-order valence-corrected chi connectivity index (χ2v) is 6.81. The Morgan fingerprint density at radius 1 is 1.00 bits per heavy atom. The fourth-order valence-electron chi connectivity index (χ4n) is 3.15. The first-order valence-corrected chi connectivity index (χ1v) is 8.99. The van der Waals surface area contributed by atoms with Gasteiger partial charge in [0, 0.05) is 31.4 Å². The van der Waals surface area contributed by atoms with Gasteiger partial charge in [-0.2, -0.15) is 0 Å². The zero-order valence-electron chi connectivity index (χ0n) is 14.7. The molecule has 0 atom stereocenters. The molecule has 0 radical (unpaired) electrons. The van der Waals surface area contributed by atoms with Crippen LogP contribution in [0.5, 0.6) is 5.75 Å². The highest BCUT2D eigenvalue weighted by molar-refractivity contribution is 5.43. The minimum absolute atomic E-state index is 0.355. The van der Waals surface area contributed by atoms with Gasteiger partial charge in [0.2, 0.25) is 0 Å². The number of nitrogens with one attached hydrogen (secondary N) is 1. The molecule has 1 heterocycles. The topological polar surface area (TPSA) is 24.5 Å². The number of benzene rings is 2. The van der Waals surface area contributed by atoms with Gasteiger partial charge in [-0.1, -0.05) is 30.3 Å². The molecule has 1 N–H and O–H groups in total. The summed E-state index contributed by atoms with van der Waals surface area (Å²) in [6.45, 7) is 7.65. The molecule has 0 saturated carbocycles. The van der Waals surface area contributed by atoms with E-state index in [0.717, 1.165) is 43.9 Å². The Hall–Kier alpha value is -2.00. The molecule has 3 heteroatoms. The van der Waals surface area contributed by atoms with Crippen LogP contribution in [0.4, 0.5) is 5.69 Å². The SMILES string of the molecule is CC(C)N1CCC(Oc2ccc(CNc3ccccc3)cc2)CC1. The van der Waals surface area contributed by atoms with Crippen LogP contribution < -0.4 is 10.1 Å². The van der Waals surface area contributed by atoms with E-state index in [-0.39, 0.29) is 0 Å². The van der Waals surface area contributed by atoms with E-state index in [0.29, 0.717) is 12.1 Å². The molecule has 0 unspecified atom stereocenters. The summed E-state index contributed by atoms with van der Waals surface area (Å²) in [5.74, 6) is 0.987. The monoisotopic (exact) mass is 324 g/mol. The van der Waals surface area contributed by atoms with Crippen LogP contribution in [0.1, 0.15) is 32.3 Å². The zero-order chi connectivity index (χ0) is 16.8. The van der Waals surface area contributed by atoms with Crippen molar-refractivity contribution in [2.24, 2.45) is 0 Å². The summed E-state index contributed by atoms with van der Waals surface area (Å²) in [6, 6.07) is 19.4. The summed E-state index contributed by atoms with van der Waals surface area (Å²) in [7, 11) is 0. The molecule has 1 saturated heterocycles. The van der Waals surface area contributed by atoms with Crippen molar-refractivity contribution in [1.29, 1.82) is 0 Å². The van der Waals surface area contributed by atoms with E-state index in [1.807, 2.05) is 18.2 Å². The largest absolute Gasteiger partial charge is 0.490 e. The van der Waals surface area contributed by atoms with Gasteiger partial charge in [0.25, 0.3) is 0 Å². The minimum Gasteiger partial charge on any atom is -0.490 e. The number of hydrogen-bond donors (Lipinski definition) is 1. The third-order valence-corrected chi connectivity index (χ3v) is 4.70. The summed E-state index contributed by atoms with van der Waals surface area (Å²) >= 11 is 0. The van der Waals surface area contributed by atoms with Crippen molar-refractivity contribution in [3.63, 3.8) is 0 Å². The van der Waals surface area contributed by atoms with Crippen molar-refractivity contribution >= 4 is 5.69 Å². The fourth-order valence-corrected chi connectivity index (χ4v) is 3.15. The molecule has 24 heavy (non-hydrogen) atoms. The second-order valence-electron chi connectivity index (χ2n) is 6.81. The Kier molecular flexibility index (Phi) is 5.76. The lowest BCUT2D eigenvalue weighted by atomic mass is 10.1. The number of likely N-dealkylation sites (tertiary alicyclic amines) is 1. The van der Waals surface area contributed by atoms with Gasteiger partial charge in [-0.05, 0) is 56.5 Å². The lowest BCUT2D eigenvalue weighted by molar-refractivity contribution is 0.0843. The standard InChI is InChI=1S/C21H28N2O/c1-17(2)23-14-12-21(13-15-23)24-20-10-8-18(9-11-20)16-22-19-6-4-3-5-7-19/h3-11,17,21-22H,12-16H2,1-2H3. The Balaban J connectivity index is 1.46. The first kappa shape index (κ1) is 16.8. The molecule has 1 aliphatic heterocycles. The number of piperidine rings is 1. The molecule has 0 amide bonds. The summed E-state index contributed by atoms with van der Waals surface area (Å²) < 4.78 is 6.15. The van der Waals surface area contributed by atoms with Crippen molar-refractivity contribution < 1.29 is 4.74 Å². The first-order valence-electron chi connectivity index (χ1n) is 8.99. The van der Waals surface area contributed by atoms with Crippen molar-refractivity contribution in [1.82, 2.24) is 4.90 Å². The number of nitrogens with zero attached hydrogens (tertiary/aromatic N) is 1. The third kappa shape index (κ3) is 4.75. The van der Waals surface area contributed by atoms with Gasteiger partial charge >= 0.3 is 0 Å². The Morgan fingerprint density at radius 2 is 1.67 bits per heavy atom. The third-order valence-electron chi connectivity index (χ3n) is 4.70. The van der Waals surface area contributed by atoms with Crippen LogP contribution in [-0.2, 0) is 6.54 Å². The van der Waals surface area contributed by atoms with E-state index in [9.17, 15) is 0 Å². The molecule has 1 aliphatic rings. The summed E-state index contributed by atoms with van der Waals surface area (Å²) in [5, 5.41) is 3.43. The van der Waals surface area contributed by atoms with Crippen molar-refractivity contribution in [2.75, 3.05) is 18.4 Å². The first-order chi connectivity index (χ1) is 11.7. The van der Waals surface area contributed by atoms with Crippen LogP contribution in [0.15, 0.2) is 54.6 Å². The molecule has 0 aromatic heterocycles. The van der Waals surface area contributed by atoms with Crippen molar-refractivity contribution in [3.05, 3.63) is 60.2 Å². The van der Waals surface area contributed by atoms with E-state index in [2.05, 4.69) is 60.5 Å². The van der Waals surface area contributed by atoms with Gasteiger partial charge in [-0.3, -0.25) is 0 Å². The minimum atomic E-state index is 0.355. The number of ether oxygens (including phenoxy) is 1. The lowest BCUT2D eigenvalue weighted by Gasteiger charge is -2.34. The Labute approximate surface area is 145 Å². The van der Waals surface area contributed by atoms with Crippen molar-refractivity contribution in [2.45, 2.75) is 45.4 Å². The molecular formula is C21H28N2O. The highest BCUT2D eigenvalue weighted by Gasteiger charge is 2.21. The maximum absolute atomic E-state index is 6.15. The number of anilines is 1. The predicted molar refractivity (Wildman–Crippen MR) is 101 cm³/mol. The second kappa shape index (κ2) is 8.20. The average molecular weight is 324 g/mol. The van der Waals surface area contributed by atoms with Crippen LogP contribution >= 0.6 is 0 Å². The smallest absolute Gasteiger partial charge is 0.119 e. The highest BCUT2D eigenvalue weighted by Crippen LogP contribution is 2.21. The van der Waals surface area contributed by atoms with Crippen LogP contribution in [0, 0.1) is 0 Å². The van der Waals surface area contributed by atoms with Crippen LogP contribution in [0.25, 0.3) is 0 Å². The molecule has 3 nitrogen and oxygen atoms in total. The van der Waals surface area contributed by atoms with E-state index < -0.39 is 0 Å². The highest BCUT2D eigenvalue weighted by atomic mass is 16.5. The molecule has 2 aromatic rings.